The molecule has 0 bridgehead atoms. The molecule has 0 aliphatic carbocycles. The first kappa shape index (κ1) is 17.0. The number of carbonyl (C=O) groups is 1. The van der Waals surface area contributed by atoms with Gasteiger partial charge >= 0.3 is 0 Å². The molecule has 1 saturated heterocycles. The second-order valence-corrected chi connectivity index (χ2v) is 7.13. The van der Waals surface area contributed by atoms with E-state index >= 15 is 0 Å². The minimum atomic E-state index is 0.197. The van der Waals surface area contributed by atoms with Crippen molar-refractivity contribution < 1.29 is 4.79 Å². The van der Waals surface area contributed by atoms with E-state index in [0.29, 0.717) is 19.4 Å². The summed E-state index contributed by atoms with van der Waals surface area (Å²) < 4.78 is 1.91. The third-order valence-corrected chi connectivity index (χ3v) is 5.58. The van der Waals surface area contributed by atoms with Crippen LogP contribution in [0.1, 0.15) is 36.2 Å². The predicted molar refractivity (Wildman–Crippen MR) is 102 cm³/mol. The molecule has 2 aromatic heterocycles. The summed E-state index contributed by atoms with van der Waals surface area (Å²) in [6, 6.07) is 8.25. The average Bonchev–Trinajstić information content (AvgIpc) is 3.26. The van der Waals surface area contributed by atoms with Gasteiger partial charge in [0.25, 0.3) is 0 Å². The van der Waals surface area contributed by atoms with Crippen LogP contribution in [0.5, 0.6) is 0 Å². The highest BCUT2D eigenvalue weighted by molar-refractivity contribution is 5.92. The maximum absolute atomic E-state index is 12.6. The van der Waals surface area contributed by atoms with Gasteiger partial charge in [0, 0.05) is 42.3 Å². The zero-order chi connectivity index (χ0) is 18.3. The maximum atomic E-state index is 12.6. The van der Waals surface area contributed by atoms with Crippen molar-refractivity contribution in [2.24, 2.45) is 5.73 Å². The average molecular weight is 351 g/mol. The van der Waals surface area contributed by atoms with Gasteiger partial charge in [0.1, 0.15) is 0 Å². The van der Waals surface area contributed by atoms with Gasteiger partial charge in [0.2, 0.25) is 5.91 Å². The summed E-state index contributed by atoms with van der Waals surface area (Å²) in [6.07, 6.45) is 3.25. The van der Waals surface area contributed by atoms with E-state index in [1.54, 1.807) is 0 Å². The van der Waals surface area contributed by atoms with E-state index in [2.05, 4.69) is 12.0 Å². The van der Waals surface area contributed by atoms with Crippen molar-refractivity contribution >= 4 is 22.5 Å². The van der Waals surface area contributed by atoms with E-state index < -0.39 is 0 Å². The number of likely N-dealkylation sites (tertiary alicyclic amines) is 1. The third kappa shape index (κ3) is 2.74. The Labute approximate surface area is 153 Å². The van der Waals surface area contributed by atoms with Crippen molar-refractivity contribution in [3.63, 3.8) is 0 Å². The molecular weight excluding hydrogens is 326 g/mol. The Balaban J connectivity index is 1.62. The summed E-state index contributed by atoms with van der Waals surface area (Å²) in [5.41, 5.74) is 10.8. The fourth-order valence-electron chi connectivity index (χ4n) is 4.12. The fraction of sp³-hybridized carbons (Fsp3) is 0.450. The molecule has 1 amide bonds. The number of nitrogens with zero attached hydrogens (tertiary/aromatic N) is 4. The molecule has 1 aromatic carbocycles. The Kier molecular flexibility index (Phi) is 4.36. The molecule has 6 heteroatoms. The Bertz CT molecular complexity index is 977. The fourth-order valence-corrected chi connectivity index (χ4v) is 4.12. The van der Waals surface area contributed by atoms with E-state index in [1.165, 1.54) is 0 Å². The smallest absolute Gasteiger partial charge is 0.223 e. The van der Waals surface area contributed by atoms with Gasteiger partial charge in [-0.05, 0) is 50.8 Å². The van der Waals surface area contributed by atoms with Gasteiger partial charge in [-0.1, -0.05) is 12.1 Å². The van der Waals surface area contributed by atoms with E-state index in [1.807, 2.05) is 40.6 Å². The van der Waals surface area contributed by atoms with Gasteiger partial charge in [0.15, 0.2) is 5.65 Å². The minimum Gasteiger partial charge on any atom is -0.338 e. The molecule has 0 saturated carbocycles. The van der Waals surface area contributed by atoms with Crippen LogP contribution in [-0.4, -0.2) is 44.5 Å². The molecule has 6 nitrogen and oxygen atoms in total. The van der Waals surface area contributed by atoms with Crippen molar-refractivity contribution in [3.05, 3.63) is 41.2 Å². The molecule has 1 unspecified atom stereocenters. The van der Waals surface area contributed by atoms with Gasteiger partial charge in [-0.3, -0.25) is 4.79 Å². The topological polar surface area (TPSA) is 76.5 Å². The molecule has 0 radical (unpaired) electrons. The second kappa shape index (κ2) is 6.68. The first-order valence-electron chi connectivity index (χ1n) is 9.33. The van der Waals surface area contributed by atoms with Crippen LogP contribution in [-0.2, 0) is 11.2 Å². The lowest BCUT2D eigenvalue weighted by Gasteiger charge is -2.23. The van der Waals surface area contributed by atoms with Crippen molar-refractivity contribution in [2.75, 3.05) is 13.1 Å². The molecule has 1 aliphatic heterocycles. The molecule has 2 N–H and O–H groups in total. The van der Waals surface area contributed by atoms with E-state index in [9.17, 15) is 4.79 Å². The molecule has 3 heterocycles. The Morgan fingerprint density at radius 1 is 1.31 bits per heavy atom. The van der Waals surface area contributed by atoms with Crippen LogP contribution in [0.3, 0.4) is 0 Å². The Morgan fingerprint density at radius 2 is 2.12 bits per heavy atom. The first-order chi connectivity index (χ1) is 12.6. The number of aryl methyl sites for hydroxylation is 2. The first-order valence-corrected chi connectivity index (χ1v) is 9.33. The molecule has 4 rings (SSSR count). The molecule has 0 spiro atoms. The van der Waals surface area contributed by atoms with Crippen LogP contribution in [0, 0.1) is 13.8 Å². The number of fused-ring (bicyclic) bond motifs is 3. The molecular formula is C20H25N5O. The molecule has 136 valence electrons. The highest BCUT2D eigenvalue weighted by atomic mass is 16.2. The van der Waals surface area contributed by atoms with Crippen LogP contribution in [0.15, 0.2) is 24.3 Å². The van der Waals surface area contributed by atoms with E-state index in [0.717, 1.165) is 52.9 Å². The second-order valence-electron chi connectivity index (χ2n) is 7.13. The predicted octanol–water partition coefficient (Wildman–Crippen LogP) is 2.38. The summed E-state index contributed by atoms with van der Waals surface area (Å²) in [6.45, 7) is 5.47. The number of hydrogen-bond donors (Lipinski definition) is 1. The van der Waals surface area contributed by atoms with Gasteiger partial charge in [-0.15, -0.1) is 0 Å². The van der Waals surface area contributed by atoms with Gasteiger partial charge < -0.3 is 10.6 Å². The summed E-state index contributed by atoms with van der Waals surface area (Å²) in [5.74, 6) is 0.197. The van der Waals surface area contributed by atoms with Crippen LogP contribution in [0.25, 0.3) is 16.6 Å². The third-order valence-electron chi connectivity index (χ3n) is 5.58. The number of aromatic nitrogens is 3. The lowest BCUT2D eigenvalue weighted by Crippen LogP contribution is -2.40. The quantitative estimate of drug-likeness (QED) is 0.783. The van der Waals surface area contributed by atoms with E-state index in [4.69, 9.17) is 10.7 Å². The van der Waals surface area contributed by atoms with Crippen LogP contribution in [0.2, 0.25) is 0 Å². The summed E-state index contributed by atoms with van der Waals surface area (Å²) in [7, 11) is 0. The molecule has 1 aliphatic rings. The maximum Gasteiger partial charge on any atom is 0.223 e. The number of rotatable bonds is 4. The number of carbonyl (C=O) groups excluding carboxylic acids is 1. The number of nitrogens with two attached hydrogens (primary N) is 1. The summed E-state index contributed by atoms with van der Waals surface area (Å²) in [4.78, 5) is 19.4. The molecule has 1 atom stereocenters. The van der Waals surface area contributed by atoms with Gasteiger partial charge in [-0.2, -0.15) is 5.10 Å². The normalized spacial score (nSPS) is 17.5. The lowest BCUT2D eigenvalue weighted by atomic mass is 10.1. The number of amides is 1. The molecule has 26 heavy (non-hydrogen) atoms. The lowest BCUT2D eigenvalue weighted by molar-refractivity contribution is -0.131. The molecule has 3 aromatic rings. The molecule has 1 fully saturated rings. The van der Waals surface area contributed by atoms with Crippen molar-refractivity contribution in [3.8, 4) is 0 Å². The monoisotopic (exact) mass is 351 g/mol. The summed E-state index contributed by atoms with van der Waals surface area (Å²) >= 11 is 0. The highest BCUT2D eigenvalue weighted by Gasteiger charge is 2.27. The van der Waals surface area contributed by atoms with Crippen molar-refractivity contribution in [1.29, 1.82) is 0 Å². The number of hydrogen-bond acceptors (Lipinski definition) is 4. The minimum absolute atomic E-state index is 0.197. The largest absolute Gasteiger partial charge is 0.338 e. The zero-order valence-corrected chi connectivity index (χ0v) is 15.4. The Morgan fingerprint density at radius 3 is 2.92 bits per heavy atom. The standard InChI is InChI=1S/C20H25N5O/c1-13-16(9-10-19(26)24-11-5-6-15(24)12-21)14(2)25-20(22-13)17-7-3-4-8-18(17)23-25/h3-4,7-8,15H,5-6,9-12,21H2,1-2H3. The van der Waals surface area contributed by atoms with Crippen molar-refractivity contribution in [1.82, 2.24) is 19.5 Å². The van der Waals surface area contributed by atoms with Gasteiger partial charge in [0.05, 0.1) is 5.52 Å². The highest BCUT2D eigenvalue weighted by Crippen LogP contribution is 2.24. The van der Waals surface area contributed by atoms with Gasteiger partial charge in [-0.25, -0.2) is 9.50 Å². The number of benzene rings is 1. The van der Waals surface area contributed by atoms with Crippen LogP contribution < -0.4 is 5.73 Å². The van der Waals surface area contributed by atoms with Crippen LogP contribution >= 0.6 is 0 Å². The van der Waals surface area contributed by atoms with Crippen LogP contribution in [0.4, 0.5) is 0 Å². The van der Waals surface area contributed by atoms with Crippen molar-refractivity contribution in [2.45, 2.75) is 45.6 Å². The summed E-state index contributed by atoms with van der Waals surface area (Å²) in [5, 5.41) is 5.75. The Hall–Kier alpha value is -2.47. The van der Waals surface area contributed by atoms with E-state index in [-0.39, 0.29) is 11.9 Å². The zero-order valence-electron chi connectivity index (χ0n) is 15.4. The SMILES string of the molecule is Cc1nc2c3ccccc3nn2c(C)c1CCC(=O)N1CCCC1CN.